The number of piperazine rings is 1. The Morgan fingerprint density at radius 1 is 1.06 bits per heavy atom. The zero-order valence-corrected chi connectivity index (χ0v) is 21.2. The first kappa shape index (κ1) is 24.4. The molecule has 5 rings (SSSR count). The Bertz CT molecular complexity index is 1250. The van der Waals surface area contributed by atoms with Crippen molar-refractivity contribution in [2.75, 3.05) is 56.6 Å². The lowest BCUT2D eigenvalue weighted by Gasteiger charge is -2.37. The number of nitrogens with zero attached hydrogens (tertiary/aromatic N) is 6. The molecule has 2 saturated heterocycles. The summed E-state index contributed by atoms with van der Waals surface area (Å²) < 4.78 is 15.9. The molecule has 0 radical (unpaired) electrons. The molecule has 0 saturated carbocycles. The third-order valence-electron chi connectivity index (χ3n) is 7.47. The second-order valence-corrected chi connectivity index (χ2v) is 9.92. The molecule has 0 amide bonds. The second kappa shape index (κ2) is 10.4. The van der Waals surface area contributed by atoms with Gasteiger partial charge in [0.2, 0.25) is 5.95 Å². The molecule has 0 spiro atoms. The van der Waals surface area contributed by atoms with Gasteiger partial charge in [-0.2, -0.15) is 0 Å². The Balaban J connectivity index is 1.32. The van der Waals surface area contributed by atoms with Gasteiger partial charge in [-0.25, -0.2) is 9.37 Å². The third kappa shape index (κ3) is 4.99. The quantitative estimate of drug-likeness (QED) is 0.589. The number of halogens is 1. The van der Waals surface area contributed by atoms with Gasteiger partial charge in [0.15, 0.2) is 5.82 Å². The van der Waals surface area contributed by atoms with Crippen LogP contribution in [0.3, 0.4) is 0 Å². The Kier molecular flexibility index (Phi) is 7.02. The number of benzene rings is 1. The van der Waals surface area contributed by atoms with E-state index in [-0.39, 0.29) is 17.2 Å². The van der Waals surface area contributed by atoms with Gasteiger partial charge in [0.05, 0.1) is 11.9 Å². The number of hydrogen-bond donors (Lipinski definition) is 1. The fraction of sp³-hybridized carbons (Fsp3) is 0.444. The van der Waals surface area contributed by atoms with Crippen molar-refractivity contribution < 1.29 is 4.39 Å². The SMILES string of the molecule is CN(C)C1CCN(c2ccc([C@H]3CN(c4nc(-c5ccncc5F)cc(=O)n4C)CCN3)cc2)CC1. The first-order valence-electron chi connectivity index (χ1n) is 12.6. The van der Waals surface area contributed by atoms with E-state index in [9.17, 15) is 9.18 Å². The van der Waals surface area contributed by atoms with Crippen LogP contribution < -0.4 is 20.7 Å². The fourth-order valence-electron chi connectivity index (χ4n) is 5.24. The van der Waals surface area contributed by atoms with Gasteiger partial charge < -0.3 is 20.0 Å². The van der Waals surface area contributed by atoms with E-state index in [0.29, 0.717) is 30.8 Å². The van der Waals surface area contributed by atoms with Gasteiger partial charge in [0, 0.05) is 75.4 Å². The molecule has 4 heterocycles. The number of rotatable bonds is 5. The lowest BCUT2D eigenvalue weighted by atomic mass is 10.0. The molecule has 0 bridgehead atoms. The molecule has 2 aromatic heterocycles. The zero-order chi connectivity index (χ0) is 25.2. The summed E-state index contributed by atoms with van der Waals surface area (Å²) in [6.07, 6.45) is 5.01. The van der Waals surface area contributed by atoms with Crippen LogP contribution in [0, 0.1) is 5.82 Å². The van der Waals surface area contributed by atoms with E-state index >= 15 is 0 Å². The van der Waals surface area contributed by atoms with Crippen LogP contribution in [-0.4, -0.2) is 72.3 Å². The van der Waals surface area contributed by atoms with Crippen molar-refractivity contribution in [1.29, 1.82) is 0 Å². The highest BCUT2D eigenvalue weighted by Crippen LogP contribution is 2.27. The average molecular weight is 492 g/mol. The summed E-state index contributed by atoms with van der Waals surface area (Å²) >= 11 is 0. The van der Waals surface area contributed by atoms with Crippen molar-refractivity contribution in [3.8, 4) is 11.3 Å². The number of nitrogens with one attached hydrogen (secondary N) is 1. The molecule has 36 heavy (non-hydrogen) atoms. The topological polar surface area (TPSA) is 69.5 Å². The molecule has 0 unspecified atom stereocenters. The average Bonchev–Trinajstić information content (AvgIpc) is 2.91. The van der Waals surface area contributed by atoms with Crippen molar-refractivity contribution in [3.63, 3.8) is 0 Å². The van der Waals surface area contributed by atoms with Crippen LogP contribution in [0.2, 0.25) is 0 Å². The maximum absolute atomic E-state index is 14.3. The number of hydrogen-bond acceptors (Lipinski definition) is 7. The van der Waals surface area contributed by atoms with E-state index in [1.807, 2.05) is 0 Å². The third-order valence-corrected chi connectivity index (χ3v) is 7.47. The van der Waals surface area contributed by atoms with Gasteiger partial charge in [-0.3, -0.25) is 14.3 Å². The highest BCUT2D eigenvalue weighted by molar-refractivity contribution is 5.60. The van der Waals surface area contributed by atoms with E-state index in [1.165, 1.54) is 40.9 Å². The zero-order valence-electron chi connectivity index (χ0n) is 21.2. The summed E-state index contributed by atoms with van der Waals surface area (Å²) in [5.74, 6) is 0.0500. The maximum atomic E-state index is 14.3. The van der Waals surface area contributed by atoms with Crippen LogP contribution in [0.4, 0.5) is 16.0 Å². The molecule has 1 atom stereocenters. The molecular weight excluding hydrogens is 457 g/mol. The summed E-state index contributed by atoms with van der Waals surface area (Å²) in [6, 6.07) is 12.5. The van der Waals surface area contributed by atoms with Crippen LogP contribution in [0.1, 0.15) is 24.4 Å². The molecule has 2 aliphatic heterocycles. The minimum absolute atomic E-state index is 0.102. The van der Waals surface area contributed by atoms with Gasteiger partial charge >= 0.3 is 0 Å². The van der Waals surface area contributed by atoms with Gasteiger partial charge in [0.1, 0.15) is 0 Å². The lowest BCUT2D eigenvalue weighted by Crippen LogP contribution is -2.47. The summed E-state index contributed by atoms with van der Waals surface area (Å²) in [6.45, 7) is 4.28. The van der Waals surface area contributed by atoms with E-state index in [1.54, 1.807) is 13.1 Å². The van der Waals surface area contributed by atoms with Gasteiger partial charge in [-0.05, 0) is 50.7 Å². The van der Waals surface area contributed by atoms with Crippen molar-refractivity contribution in [2.45, 2.75) is 24.9 Å². The monoisotopic (exact) mass is 491 g/mol. The first-order chi connectivity index (χ1) is 17.4. The summed E-state index contributed by atoms with van der Waals surface area (Å²) in [5.41, 5.74) is 2.85. The number of anilines is 2. The summed E-state index contributed by atoms with van der Waals surface area (Å²) in [5, 5.41) is 3.60. The largest absolute Gasteiger partial charge is 0.371 e. The Morgan fingerprint density at radius 3 is 2.50 bits per heavy atom. The van der Waals surface area contributed by atoms with Crippen LogP contribution in [0.5, 0.6) is 0 Å². The van der Waals surface area contributed by atoms with Crippen LogP contribution in [0.15, 0.2) is 53.6 Å². The van der Waals surface area contributed by atoms with E-state index in [4.69, 9.17) is 4.98 Å². The molecule has 9 heteroatoms. The Morgan fingerprint density at radius 2 is 1.81 bits per heavy atom. The predicted octanol–water partition coefficient (Wildman–Crippen LogP) is 2.66. The Hall–Kier alpha value is -3.30. The van der Waals surface area contributed by atoms with Crippen molar-refractivity contribution in [1.82, 2.24) is 24.8 Å². The van der Waals surface area contributed by atoms with Gasteiger partial charge in [-0.15, -0.1) is 0 Å². The van der Waals surface area contributed by atoms with Crippen molar-refractivity contribution >= 4 is 11.6 Å². The molecule has 3 aromatic rings. The number of piperidine rings is 1. The van der Waals surface area contributed by atoms with Gasteiger partial charge in [0.25, 0.3) is 5.56 Å². The van der Waals surface area contributed by atoms with E-state index in [2.05, 4.69) is 63.4 Å². The Labute approximate surface area is 211 Å². The lowest BCUT2D eigenvalue weighted by molar-refractivity contribution is 0.249. The maximum Gasteiger partial charge on any atom is 0.255 e. The molecule has 190 valence electrons. The smallest absolute Gasteiger partial charge is 0.255 e. The van der Waals surface area contributed by atoms with Crippen molar-refractivity contribution in [3.05, 3.63) is 70.5 Å². The first-order valence-corrected chi connectivity index (χ1v) is 12.6. The molecule has 0 aliphatic carbocycles. The molecular formula is C27H34FN7O. The number of aromatic nitrogens is 3. The summed E-state index contributed by atoms with van der Waals surface area (Å²) in [4.78, 5) is 28.1. The van der Waals surface area contributed by atoms with E-state index in [0.717, 1.165) is 25.8 Å². The highest BCUT2D eigenvalue weighted by Gasteiger charge is 2.25. The fourth-order valence-corrected chi connectivity index (χ4v) is 5.24. The second-order valence-electron chi connectivity index (χ2n) is 9.92. The highest BCUT2D eigenvalue weighted by atomic mass is 19.1. The summed E-state index contributed by atoms with van der Waals surface area (Å²) in [7, 11) is 6.04. The van der Waals surface area contributed by atoms with Gasteiger partial charge in [-0.1, -0.05) is 12.1 Å². The predicted molar refractivity (Wildman–Crippen MR) is 141 cm³/mol. The molecule has 1 aromatic carbocycles. The molecule has 8 nitrogen and oxygen atoms in total. The van der Waals surface area contributed by atoms with Crippen LogP contribution in [0.25, 0.3) is 11.3 Å². The molecule has 1 N–H and O–H groups in total. The minimum atomic E-state index is -0.492. The van der Waals surface area contributed by atoms with Crippen LogP contribution >= 0.6 is 0 Å². The number of pyridine rings is 1. The van der Waals surface area contributed by atoms with Crippen LogP contribution in [-0.2, 0) is 7.05 Å². The molecule has 2 aliphatic rings. The normalized spacial score (nSPS) is 19.2. The standard InChI is InChI=1S/C27H34FN7O/c1-32(2)20-9-13-34(14-10-20)21-6-4-19(5-7-21)25-18-35(15-12-30-25)27-31-24(16-26(36)33(27)3)22-8-11-29-17-23(22)28/h4-8,11,16-17,20,25,30H,9-10,12-15,18H2,1-3H3/t25-/m1/s1. The molecule has 2 fully saturated rings. The van der Waals surface area contributed by atoms with Crippen molar-refractivity contribution in [2.24, 2.45) is 7.05 Å². The van der Waals surface area contributed by atoms with E-state index < -0.39 is 5.82 Å². The minimum Gasteiger partial charge on any atom is -0.371 e.